The minimum atomic E-state index is -0.225. The molecule has 0 spiro atoms. The first-order chi connectivity index (χ1) is 15.5. The Morgan fingerprint density at radius 2 is 1.82 bits per heavy atom. The van der Waals surface area contributed by atoms with Gasteiger partial charge < -0.3 is 10.4 Å². The zero-order chi connectivity index (χ0) is 24.1. The van der Waals surface area contributed by atoms with E-state index in [2.05, 4.69) is 25.2 Å². The van der Waals surface area contributed by atoms with Crippen molar-refractivity contribution in [1.29, 1.82) is 0 Å². The van der Waals surface area contributed by atoms with Gasteiger partial charge in [-0.15, -0.1) is 0 Å². The van der Waals surface area contributed by atoms with Crippen LogP contribution in [-0.2, 0) is 14.4 Å². The molecule has 4 aliphatic rings. The smallest absolute Gasteiger partial charge is 0.217 e. The fourth-order valence-corrected chi connectivity index (χ4v) is 8.00. The summed E-state index contributed by atoms with van der Waals surface area (Å²) < 4.78 is 0. The van der Waals surface area contributed by atoms with Crippen LogP contribution >= 0.6 is 0 Å². The molecule has 5 nitrogen and oxygen atoms in total. The highest BCUT2D eigenvalue weighted by Gasteiger charge is 2.59. The molecule has 182 valence electrons. The topological polar surface area (TPSA) is 83.5 Å². The molecule has 0 aromatic carbocycles. The van der Waals surface area contributed by atoms with E-state index in [-0.39, 0.29) is 40.4 Å². The molecule has 0 aromatic heterocycles. The van der Waals surface area contributed by atoms with Gasteiger partial charge in [0.2, 0.25) is 5.91 Å². The van der Waals surface area contributed by atoms with E-state index >= 15 is 0 Å². The predicted octanol–water partition coefficient (Wildman–Crippen LogP) is 4.68. The molecular weight excluding hydrogens is 414 g/mol. The van der Waals surface area contributed by atoms with Crippen LogP contribution in [0.5, 0.6) is 0 Å². The monoisotopic (exact) mass is 455 g/mol. The Morgan fingerprint density at radius 3 is 2.52 bits per heavy atom. The molecule has 0 radical (unpaired) electrons. The fourth-order valence-electron chi connectivity index (χ4n) is 8.00. The Labute approximate surface area is 198 Å². The molecule has 2 N–H and O–H groups in total. The molecule has 0 heterocycles. The summed E-state index contributed by atoms with van der Waals surface area (Å²) in [7, 11) is 0. The van der Waals surface area contributed by atoms with Gasteiger partial charge in [0.05, 0.1) is 6.10 Å². The third kappa shape index (κ3) is 4.15. The van der Waals surface area contributed by atoms with E-state index in [4.69, 9.17) is 0 Å². The Hall–Kier alpha value is -1.75. The summed E-state index contributed by atoms with van der Waals surface area (Å²) in [6.45, 7) is 9.87. The van der Waals surface area contributed by atoms with Gasteiger partial charge in [0, 0.05) is 31.4 Å². The van der Waals surface area contributed by atoms with E-state index in [1.54, 1.807) is 0 Å². The summed E-state index contributed by atoms with van der Waals surface area (Å²) in [6, 6.07) is -0.0553. The van der Waals surface area contributed by atoms with Crippen molar-refractivity contribution in [2.24, 2.45) is 28.6 Å². The van der Waals surface area contributed by atoms with Crippen LogP contribution in [0.1, 0.15) is 92.4 Å². The number of amides is 1. The highest BCUT2D eigenvalue weighted by Crippen LogP contribution is 2.65. The van der Waals surface area contributed by atoms with Crippen molar-refractivity contribution in [1.82, 2.24) is 5.32 Å². The van der Waals surface area contributed by atoms with Crippen LogP contribution in [0.15, 0.2) is 22.8 Å². The molecule has 4 aliphatic carbocycles. The zero-order valence-corrected chi connectivity index (χ0v) is 21.0. The number of Topliss-reactive ketones (excluding diaryl/α,β-unsaturated/α-hetero) is 2. The maximum Gasteiger partial charge on any atom is 0.217 e. The number of nitrogens with one attached hydrogen (secondary N) is 1. The normalized spacial score (nSPS) is 40.2. The van der Waals surface area contributed by atoms with E-state index in [0.29, 0.717) is 42.6 Å². The predicted molar refractivity (Wildman–Crippen MR) is 128 cm³/mol. The number of fused-ring (bicyclic) bond motifs is 5. The first-order valence-electron chi connectivity index (χ1n) is 12.9. The lowest BCUT2D eigenvalue weighted by Gasteiger charge is -2.57. The van der Waals surface area contributed by atoms with Crippen molar-refractivity contribution >= 4 is 17.5 Å². The summed E-state index contributed by atoms with van der Waals surface area (Å²) in [4.78, 5) is 37.7. The van der Waals surface area contributed by atoms with Gasteiger partial charge in [-0.05, 0) is 93.0 Å². The van der Waals surface area contributed by atoms with Crippen molar-refractivity contribution in [2.75, 3.05) is 0 Å². The average molecular weight is 456 g/mol. The molecule has 0 aromatic rings. The van der Waals surface area contributed by atoms with Crippen molar-refractivity contribution in [3.8, 4) is 0 Å². The summed E-state index contributed by atoms with van der Waals surface area (Å²) in [5, 5.41) is 13.0. The summed E-state index contributed by atoms with van der Waals surface area (Å²) >= 11 is 0. The van der Waals surface area contributed by atoms with E-state index in [1.807, 2.05) is 13.8 Å². The Balaban J connectivity index is 1.56. The van der Waals surface area contributed by atoms with Crippen LogP contribution in [0.4, 0.5) is 0 Å². The minimum Gasteiger partial charge on any atom is -0.393 e. The Morgan fingerprint density at radius 1 is 1.12 bits per heavy atom. The number of carbonyl (C=O) groups excluding carboxylic acids is 3. The molecule has 4 rings (SSSR count). The van der Waals surface area contributed by atoms with Crippen molar-refractivity contribution in [2.45, 2.75) is 105 Å². The van der Waals surface area contributed by atoms with Gasteiger partial charge in [0.1, 0.15) is 0 Å². The van der Waals surface area contributed by atoms with Gasteiger partial charge in [-0.1, -0.05) is 25.5 Å². The highest BCUT2D eigenvalue weighted by atomic mass is 16.3. The van der Waals surface area contributed by atoms with E-state index in [0.717, 1.165) is 44.1 Å². The van der Waals surface area contributed by atoms with Crippen molar-refractivity contribution in [3.63, 3.8) is 0 Å². The second-order valence-corrected chi connectivity index (χ2v) is 11.8. The van der Waals surface area contributed by atoms with Gasteiger partial charge in [-0.25, -0.2) is 0 Å². The van der Waals surface area contributed by atoms with Crippen molar-refractivity contribution in [3.05, 3.63) is 22.8 Å². The number of allylic oxidation sites excluding steroid dienone is 3. The largest absolute Gasteiger partial charge is 0.393 e. The van der Waals surface area contributed by atoms with Gasteiger partial charge in [0.25, 0.3) is 0 Å². The molecular formula is C28H41NO4. The summed E-state index contributed by atoms with van der Waals surface area (Å²) in [5.74, 6) is 1.44. The molecule has 0 unspecified atom stereocenters. The Bertz CT molecular complexity index is 917. The number of rotatable bonds is 5. The van der Waals surface area contributed by atoms with Crippen LogP contribution < -0.4 is 5.32 Å². The van der Waals surface area contributed by atoms with Crippen LogP contribution in [0, 0.1) is 28.6 Å². The summed E-state index contributed by atoms with van der Waals surface area (Å²) in [5.41, 5.74) is 2.80. The van der Waals surface area contributed by atoms with Gasteiger partial charge in [-0.2, -0.15) is 0 Å². The quantitative estimate of drug-likeness (QED) is 0.466. The zero-order valence-electron chi connectivity index (χ0n) is 21.0. The maximum absolute atomic E-state index is 13.3. The second kappa shape index (κ2) is 8.79. The van der Waals surface area contributed by atoms with Crippen LogP contribution in [0.3, 0.4) is 0 Å². The van der Waals surface area contributed by atoms with Gasteiger partial charge in [0.15, 0.2) is 11.6 Å². The van der Waals surface area contributed by atoms with Crippen LogP contribution in [-0.4, -0.2) is 34.7 Å². The third-order valence-corrected chi connectivity index (χ3v) is 9.77. The number of carbonyl (C=O) groups is 3. The fraction of sp³-hybridized carbons (Fsp3) is 0.750. The van der Waals surface area contributed by atoms with Gasteiger partial charge in [-0.3, -0.25) is 14.4 Å². The molecule has 0 bridgehead atoms. The lowest BCUT2D eigenvalue weighted by Crippen LogP contribution is -2.49. The second-order valence-electron chi connectivity index (χ2n) is 11.8. The first-order valence-corrected chi connectivity index (χ1v) is 12.9. The SMILES string of the molecule is CC(=O)N[C@H](C)CCC(=O)/C(C)=C1\C(=O)C[C@@H]2[C@@H]3CC=C4C[C@@H](O)CC[C@]4(C)[C@@H]3CC[C@]12C. The number of aliphatic hydroxyl groups is 1. The lowest BCUT2D eigenvalue weighted by atomic mass is 9.47. The van der Waals surface area contributed by atoms with Crippen LogP contribution in [0.2, 0.25) is 0 Å². The molecule has 1 amide bonds. The first kappa shape index (κ1) is 24.4. The molecule has 33 heavy (non-hydrogen) atoms. The number of aliphatic hydroxyl groups excluding tert-OH is 1. The molecule has 5 heteroatoms. The van der Waals surface area contributed by atoms with Gasteiger partial charge >= 0.3 is 0 Å². The maximum atomic E-state index is 13.3. The van der Waals surface area contributed by atoms with E-state index in [1.165, 1.54) is 12.5 Å². The lowest BCUT2D eigenvalue weighted by molar-refractivity contribution is -0.120. The standard InChI is InChI=1S/C28H41NO4/c1-16(29-18(3)30)6-9-24(32)17(2)26-25(33)15-23-21-8-7-19-14-20(31)10-12-27(19,4)22(21)11-13-28(23,26)5/h7,16,20-23,31H,6,8-15H2,1-5H3,(H,29,30)/b26-17+/t16-,20+,21-,22-,23-,27+,28+/m1/s1. The molecule has 7 atom stereocenters. The number of ketones is 2. The molecule has 0 aliphatic heterocycles. The molecule has 3 saturated carbocycles. The highest BCUT2D eigenvalue weighted by molar-refractivity contribution is 6.08. The number of hydrogen-bond acceptors (Lipinski definition) is 4. The molecule has 0 saturated heterocycles. The van der Waals surface area contributed by atoms with Crippen molar-refractivity contribution < 1.29 is 19.5 Å². The molecule has 3 fully saturated rings. The third-order valence-electron chi connectivity index (χ3n) is 9.77. The van der Waals surface area contributed by atoms with E-state index < -0.39 is 0 Å². The van der Waals surface area contributed by atoms with E-state index in [9.17, 15) is 19.5 Å². The number of hydrogen-bond donors (Lipinski definition) is 2. The van der Waals surface area contributed by atoms with Crippen LogP contribution in [0.25, 0.3) is 0 Å². The average Bonchev–Trinajstić information content (AvgIpc) is 3.01. The Kier molecular flexibility index (Phi) is 6.50. The minimum absolute atomic E-state index is 0.0404. The summed E-state index contributed by atoms with van der Waals surface area (Å²) in [6.07, 6.45) is 9.39.